The number of hydrogen-bond acceptors (Lipinski definition) is 3. The Kier molecular flexibility index (Phi) is 5.95. The normalized spacial score (nSPS) is 12.1. The third kappa shape index (κ3) is 4.81. The van der Waals surface area contributed by atoms with Crippen molar-refractivity contribution in [2.24, 2.45) is 11.7 Å². The first kappa shape index (κ1) is 16.4. The SMILES string of the molecule is Cc1ccc(C(N)=S)cc1OC(C)C(=O)NCC(C)C. The van der Waals surface area contributed by atoms with Crippen molar-refractivity contribution in [1.29, 1.82) is 0 Å². The fourth-order valence-electron chi connectivity index (χ4n) is 1.57. The molecule has 4 nitrogen and oxygen atoms in total. The van der Waals surface area contributed by atoms with Crippen LogP contribution in [-0.4, -0.2) is 23.5 Å². The van der Waals surface area contributed by atoms with Gasteiger partial charge in [-0.3, -0.25) is 4.79 Å². The maximum absolute atomic E-state index is 11.9. The van der Waals surface area contributed by atoms with E-state index in [2.05, 4.69) is 5.32 Å². The van der Waals surface area contributed by atoms with Gasteiger partial charge in [-0.25, -0.2) is 0 Å². The molecular weight excluding hydrogens is 272 g/mol. The van der Waals surface area contributed by atoms with Crippen molar-refractivity contribution in [1.82, 2.24) is 5.32 Å². The van der Waals surface area contributed by atoms with Gasteiger partial charge in [0.25, 0.3) is 5.91 Å². The van der Waals surface area contributed by atoms with Gasteiger partial charge in [0, 0.05) is 12.1 Å². The molecule has 0 aliphatic carbocycles. The Morgan fingerprint density at radius 1 is 1.40 bits per heavy atom. The van der Waals surface area contributed by atoms with E-state index in [-0.39, 0.29) is 5.91 Å². The Bertz CT molecular complexity index is 501. The van der Waals surface area contributed by atoms with Crippen molar-refractivity contribution >= 4 is 23.1 Å². The molecule has 0 aliphatic heterocycles. The number of carbonyl (C=O) groups excluding carboxylic acids is 1. The van der Waals surface area contributed by atoms with E-state index in [0.717, 1.165) is 11.1 Å². The first-order valence-electron chi connectivity index (χ1n) is 6.66. The summed E-state index contributed by atoms with van der Waals surface area (Å²) in [6.45, 7) is 8.36. The highest BCUT2D eigenvalue weighted by molar-refractivity contribution is 7.80. The van der Waals surface area contributed by atoms with Crippen LogP contribution in [0.15, 0.2) is 18.2 Å². The molecule has 110 valence electrons. The molecule has 1 unspecified atom stereocenters. The summed E-state index contributed by atoms with van der Waals surface area (Å²) in [5.41, 5.74) is 7.27. The number of aryl methyl sites for hydroxylation is 1. The van der Waals surface area contributed by atoms with E-state index in [1.807, 2.05) is 32.9 Å². The molecule has 0 saturated heterocycles. The zero-order valence-corrected chi connectivity index (χ0v) is 13.2. The van der Waals surface area contributed by atoms with Crippen molar-refractivity contribution < 1.29 is 9.53 Å². The van der Waals surface area contributed by atoms with Crippen LogP contribution in [-0.2, 0) is 4.79 Å². The van der Waals surface area contributed by atoms with Crippen LogP contribution in [0.5, 0.6) is 5.75 Å². The van der Waals surface area contributed by atoms with Crippen molar-refractivity contribution in [3.63, 3.8) is 0 Å². The average molecular weight is 294 g/mol. The van der Waals surface area contributed by atoms with Gasteiger partial charge in [-0.05, 0) is 31.4 Å². The van der Waals surface area contributed by atoms with E-state index in [1.54, 1.807) is 13.0 Å². The summed E-state index contributed by atoms with van der Waals surface area (Å²) < 4.78 is 5.70. The lowest BCUT2D eigenvalue weighted by Gasteiger charge is -2.17. The predicted molar refractivity (Wildman–Crippen MR) is 85.0 cm³/mol. The third-order valence-corrected chi connectivity index (χ3v) is 3.07. The van der Waals surface area contributed by atoms with Gasteiger partial charge in [0.05, 0.1) is 0 Å². The summed E-state index contributed by atoms with van der Waals surface area (Å²) in [4.78, 5) is 12.2. The summed E-state index contributed by atoms with van der Waals surface area (Å²) in [5, 5.41) is 2.84. The highest BCUT2D eigenvalue weighted by Gasteiger charge is 2.16. The topological polar surface area (TPSA) is 64.3 Å². The molecule has 0 fully saturated rings. The number of nitrogens with one attached hydrogen (secondary N) is 1. The Morgan fingerprint density at radius 2 is 2.05 bits per heavy atom. The van der Waals surface area contributed by atoms with E-state index < -0.39 is 6.10 Å². The molecular formula is C15H22N2O2S. The van der Waals surface area contributed by atoms with Crippen LogP contribution in [0, 0.1) is 12.8 Å². The van der Waals surface area contributed by atoms with Crippen molar-refractivity contribution in [2.75, 3.05) is 6.54 Å². The molecule has 1 rings (SSSR count). The Morgan fingerprint density at radius 3 is 2.60 bits per heavy atom. The van der Waals surface area contributed by atoms with Crippen molar-refractivity contribution in [2.45, 2.75) is 33.8 Å². The molecule has 0 heterocycles. The molecule has 0 aliphatic rings. The number of carbonyl (C=O) groups is 1. The van der Waals surface area contributed by atoms with Gasteiger partial charge in [0.2, 0.25) is 0 Å². The minimum atomic E-state index is -0.561. The van der Waals surface area contributed by atoms with Gasteiger partial charge in [-0.1, -0.05) is 38.2 Å². The average Bonchev–Trinajstić information content (AvgIpc) is 2.37. The Balaban J connectivity index is 2.74. The largest absolute Gasteiger partial charge is 0.481 e. The summed E-state index contributed by atoms with van der Waals surface area (Å²) >= 11 is 4.94. The number of rotatable bonds is 6. The molecule has 20 heavy (non-hydrogen) atoms. The van der Waals surface area contributed by atoms with E-state index in [0.29, 0.717) is 23.2 Å². The van der Waals surface area contributed by atoms with Crippen LogP contribution in [0.2, 0.25) is 0 Å². The molecule has 5 heteroatoms. The third-order valence-electron chi connectivity index (χ3n) is 2.83. The van der Waals surface area contributed by atoms with E-state index in [4.69, 9.17) is 22.7 Å². The summed E-state index contributed by atoms with van der Waals surface area (Å²) in [6, 6.07) is 5.49. The first-order chi connectivity index (χ1) is 9.31. The van der Waals surface area contributed by atoms with Crippen molar-refractivity contribution in [3.05, 3.63) is 29.3 Å². The summed E-state index contributed by atoms with van der Waals surface area (Å²) in [7, 11) is 0. The zero-order chi connectivity index (χ0) is 15.3. The molecule has 0 aromatic heterocycles. The van der Waals surface area contributed by atoms with Crippen LogP contribution in [0.25, 0.3) is 0 Å². The number of ether oxygens (including phenoxy) is 1. The van der Waals surface area contributed by atoms with Gasteiger partial charge in [0.15, 0.2) is 6.10 Å². The van der Waals surface area contributed by atoms with E-state index >= 15 is 0 Å². The lowest BCUT2D eigenvalue weighted by Crippen LogP contribution is -2.38. The number of amides is 1. The minimum absolute atomic E-state index is 0.126. The fourth-order valence-corrected chi connectivity index (χ4v) is 1.70. The lowest BCUT2D eigenvalue weighted by atomic mass is 10.1. The highest BCUT2D eigenvalue weighted by Crippen LogP contribution is 2.21. The number of benzene rings is 1. The first-order valence-corrected chi connectivity index (χ1v) is 7.07. The molecule has 0 saturated carbocycles. The van der Waals surface area contributed by atoms with Gasteiger partial charge in [-0.15, -0.1) is 0 Å². The van der Waals surface area contributed by atoms with Crippen LogP contribution >= 0.6 is 12.2 Å². The molecule has 1 amide bonds. The number of thiocarbonyl (C=S) groups is 1. The number of hydrogen-bond donors (Lipinski definition) is 2. The second-order valence-electron chi connectivity index (χ2n) is 5.24. The maximum Gasteiger partial charge on any atom is 0.260 e. The number of nitrogens with two attached hydrogens (primary N) is 1. The van der Waals surface area contributed by atoms with Gasteiger partial charge in [0.1, 0.15) is 10.7 Å². The van der Waals surface area contributed by atoms with Crippen LogP contribution in [0.3, 0.4) is 0 Å². The molecule has 0 radical (unpaired) electrons. The quantitative estimate of drug-likeness (QED) is 0.789. The summed E-state index contributed by atoms with van der Waals surface area (Å²) in [6.07, 6.45) is -0.561. The minimum Gasteiger partial charge on any atom is -0.481 e. The van der Waals surface area contributed by atoms with Crippen LogP contribution in [0.1, 0.15) is 31.9 Å². The monoisotopic (exact) mass is 294 g/mol. The van der Waals surface area contributed by atoms with Crippen LogP contribution < -0.4 is 15.8 Å². The Labute approximate surface area is 125 Å². The van der Waals surface area contributed by atoms with Gasteiger partial charge < -0.3 is 15.8 Å². The molecule has 0 spiro atoms. The molecule has 1 aromatic carbocycles. The molecule has 0 bridgehead atoms. The predicted octanol–water partition coefficient (Wildman–Crippen LogP) is 2.17. The standard InChI is InChI=1S/C15H22N2O2S/c1-9(2)8-17-15(18)11(4)19-13-7-12(14(16)20)6-5-10(13)3/h5-7,9,11H,8H2,1-4H3,(H2,16,20)(H,17,18). The van der Waals surface area contributed by atoms with Crippen molar-refractivity contribution in [3.8, 4) is 5.75 Å². The second-order valence-corrected chi connectivity index (χ2v) is 5.68. The van der Waals surface area contributed by atoms with E-state index in [1.165, 1.54) is 0 Å². The van der Waals surface area contributed by atoms with E-state index in [9.17, 15) is 4.79 Å². The molecule has 3 N–H and O–H groups in total. The maximum atomic E-state index is 11.9. The smallest absolute Gasteiger partial charge is 0.260 e. The fraction of sp³-hybridized carbons (Fsp3) is 0.467. The van der Waals surface area contributed by atoms with Gasteiger partial charge in [-0.2, -0.15) is 0 Å². The Hall–Kier alpha value is -1.62. The van der Waals surface area contributed by atoms with Crippen LogP contribution in [0.4, 0.5) is 0 Å². The zero-order valence-electron chi connectivity index (χ0n) is 12.4. The molecule has 1 atom stereocenters. The summed E-state index contributed by atoms with van der Waals surface area (Å²) in [5.74, 6) is 0.909. The highest BCUT2D eigenvalue weighted by atomic mass is 32.1. The lowest BCUT2D eigenvalue weighted by molar-refractivity contribution is -0.127. The molecule has 1 aromatic rings. The van der Waals surface area contributed by atoms with Gasteiger partial charge >= 0.3 is 0 Å². The second kappa shape index (κ2) is 7.24.